The van der Waals surface area contributed by atoms with Gasteiger partial charge in [-0.05, 0) is 45.9 Å². The Morgan fingerprint density at radius 1 is 1.10 bits per heavy atom. The van der Waals surface area contributed by atoms with Gasteiger partial charge in [0.05, 0.1) is 18.3 Å². The Bertz CT molecular complexity index is 632. The Morgan fingerprint density at radius 3 is 2.35 bits per heavy atom. The highest BCUT2D eigenvalue weighted by molar-refractivity contribution is 7.28. The first-order valence-corrected chi connectivity index (χ1v) is 7.58. The summed E-state index contributed by atoms with van der Waals surface area (Å²) in [6, 6.07) is 8.19. The summed E-state index contributed by atoms with van der Waals surface area (Å²) in [5, 5.41) is 1.12. The average Bonchev–Trinajstić information content (AvgIpc) is 2.88. The second kappa shape index (κ2) is 4.48. The molecule has 0 radical (unpaired) electrons. The van der Waals surface area contributed by atoms with Gasteiger partial charge in [-0.2, -0.15) is 0 Å². The van der Waals surface area contributed by atoms with Crippen LogP contribution in [0.25, 0.3) is 10.1 Å². The molecule has 2 aromatic rings. The maximum absolute atomic E-state index is 6.10. The maximum atomic E-state index is 6.10. The molecule has 0 spiro atoms. The molecule has 3 rings (SSSR count). The lowest BCUT2D eigenvalue weighted by Gasteiger charge is -2.32. The van der Waals surface area contributed by atoms with Gasteiger partial charge < -0.3 is 14.0 Å². The van der Waals surface area contributed by atoms with Gasteiger partial charge in [-0.1, -0.05) is 6.07 Å². The second-order valence-electron chi connectivity index (χ2n) is 6.11. The van der Waals surface area contributed by atoms with Crippen molar-refractivity contribution in [1.82, 2.24) is 0 Å². The first kappa shape index (κ1) is 13.9. The lowest BCUT2D eigenvalue weighted by molar-refractivity contribution is 0.00578. The Balaban J connectivity index is 2.00. The van der Waals surface area contributed by atoms with E-state index in [1.165, 1.54) is 4.70 Å². The summed E-state index contributed by atoms with van der Waals surface area (Å²) in [7, 11) is 1.39. The molecule has 5 heteroatoms. The zero-order valence-electron chi connectivity index (χ0n) is 12.5. The number of fused-ring (bicyclic) bond motifs is 1. The highest BCUT2D eigenvalue weighted by Crippen LogP contribution is 2.38. The van der Waals surface area contributed by atoms with Crippen molar-refractivity contribution in [2.45, 2.75) is 38.9 Å². The number of benzene rings is 1. The Hall–Kier alpha value is -1.04. The van der Waals surface area contributed by atoms with Crippen LogP contribution in [0.2, 0.25) is 0 Å². The van der Waals surface area contributed by atoms with E-state index in [2.05, 4.69) is 39.8 Å². The lowest BCUT2D eigenvalue weighted by Crippen LogP contribution is -2.41. The van der Waals surface area contributed by atoms with E-state index in [9.17, 15) is 0 Å². The highest BCUT2D eigenvalue weighted by atomic mass is 32.1. The molecule has 1 aliphatic heterocycles. The molecular formula is C15H19BO3S. The van der Waals surface area contributed by atoms with Gasteiger partial charge in [-0.25, -0.2) is 0 Å². The van der Waals surface area contributed by atoms with Crippen molar-refractivity contribution in [2.75, 3.05) is 7.11 Å². The molecule has 1 saturated heterocycles. The van der Waals surface area contributed by atoms with Gasteiger partial charge in [0.15, 0.2) is 0 Å². The molecule has 106 valence electrons. The molecule has 0 unspecified atom stereocenters. The summed E-state index contributed by atoms with van der Waals surface area (Å²) in [6.45, 7) is 8.28. The zero-order valence-corrected chi connectivity index (χ0v) is 13.3. The molecule has 0 amide bonds. The number of hydrogen-bond acceptors (Lipinski definition) is 4. The molecule has 0 atom stereocenters. The van der Waals surface area contributed by atoms with E-state index in [1.807, 2.05) is 12.1 Å². The van der Waals surface area contributed by atoms with Crippen molar-refractivity contribution >= 4 is 33.3 Å². The Labute approximate surface area is 124 Å². The minimum Gasteiger partial charge on any atom is -0.496 e. The molecule has 0 saturated carbocycles. The van der Waals surface area contributed by atoms with Gasteiger partial charge >= 0.3 is 7.12 Å². The minimum atomic E-state index is -0.308. The van der Waals surface area contributed by atoms with Crippen LogP contribution in [0.3, 0.4) is 0 Å². The molecule has 1 aromatic heterocycles. The lowest BCUT2D eigenvalue weighted by atomic mass is 9.87. The predicted molar refractivity (Wildman–Crippen MR) is 84.1 cm³/mol. The highest BCUT2D eigenvalue weighted by Gasteiger charge is 2.52. The number of methoxy groups -OCH3 is 1. The standard InChI is InChI=1S/C15H19BO3S/c1-14(2)15(3,4)19-16(18-14)13-9-10-11(17-5)7-6-8-12(10)20-13/h6-9H,1-5H3. The molecule has 0 N–H and O–H groups in total. The first-order valence-electron chi connectivity index (χ1n) is 6.76. The van der Waals surface area contributed by atoms with Crippen molar-refractivity contribution < 1.29 is 14.0 Å². The van der Waals surface area contributed by atoms with Crippen LogP contribution < -0.4 is 9.51 Å². The van der Waals surface area contributed by atoms with E-state index in [-0.39, 0.29) is 18.3 Å². The Morgan fingerprint density at radius 2 is 1.75 bits per heavy atom. The zero-order chi connectivity index (χ0) is 14.5. The quantitative estimate of drug-likeness (QED) is 0.795. The Kier molecular flexibility index (Phi) is 3.12. The molecular weight excluding hydrogens is 271 g/mol. The molecule has 0 bridgehead atoms. The van der Waals surface area contributed by atoms with E-state index in [1.54, 1.807) is 18.4 Å². The van der Waals surface area contributed by atoms with Crippen LogP contribution in [-0.2, 0) is 9.31 Å². The van der Waals surface area contributed by atoms with Crippen molar-refractivity contribution in [2.24, 2.45) is 0 Å². The molecule has 3 nitrogen and oxygen atoms in total. The van der Waals surface area contributed by atoms with E-state index in [0.717, 1.165) is 15.9 Å². The summed E-state index contributed by atoms with van der Waals surface area (Å²) < 4.78 is 19.9. The fraction of sp³-hybridized carbons (Fsp3) is 0.467. The molecule has 1 aromatic carbocycles. The minimum absolute atomic E-state index is 0.304. The molecule has 0 aliphatic carbocycles. The summed E-state index contributed by atoms with van der Waals surface area (Å²) in [5.41, 5.74) is -0.615. The molecule has 1 fully saturated rings. The topological polar surface area (TPSA) is 27.7 Å². The van der Waals surface area contributed by atoms with Crippen LogP contribution in [0.5, 0.6) is 5.75 Å². The monoisotopic (exact) mass is 290 g/mol. The normalized spacial score (nSPS) is 20.6. The van der Waals surface area contributed by atoms with Crippen LogP contribution in [-0.4, -0.2) is 25.4 Å². The second-order valence-corrected chi connectivity index (χ2v) is 7.22. The van der Waals surface area contributed by atoms with Crippen LogP contribution in [0, 0.1) is 0 Å². The van der Waals surface area contributed by atoms with Crippen LogP contribution >= 0.6 is 11.3 Å². The van der Waals surface area contributed by atoms with Gasteiger partial charge in [0.2, 0.25) is 0 Å². The summed E-state index contributed by atoms with van der Waals surface area (Å²) in [6.07, 6.45) is 0. The van der Waals surface area contributed by atoms with Crippen molar-refractivity contribution in [1.29, 1.82) is 0 Å². The summed E-state index contributed by atoms with van der Waals surface area (Å²) in [5.74, 6) is 0.890. The number of hydrogen-bond donors (Lipinski definition) is 0. The van der Waals surface area contributed by atoms with Crippen molar-refractivity contribution in [3.05, 3.63) is 24.3 Å². The molecule has 2 heterocycles. The third kappa shape index (κ3) is 2.05. The van der Waals surface area contributed by atoms with E-state index < -0.39 is 0 Å². The van der Waals surface area contributed by atoms with Gasteiger partial charge in [-0.15, -0.1) is 11.3 Å². The smallest absolute Gasteiger partial charge is 0.496 e. The van der Waals surface area contributed by atoms with Crippen molar-refractivity contribution in [3.8, 4) is 5.75 Å². The third-order valence-corrected chi connectivity index (χ3v) is 5.37. The summed E-state index contributed by atoms with van der Waals surface area (Å²) in [4.78, 5) is 0. The number of ether oxygens (including phenoxy) is 1. The SMILES string of the molecule is COc1cccc2sc(B3OC(C)(C)C(C)(C)O3)cc12. The predicted octanol–water partition coefficient (Wildman–Crippen LogP) is 3.21. The number of thiophene rings is 1. The molecule has 20 heavy (non-hydrogen) atoms. The van der Waals surface area contributed by atoms with Gasteiger partial charge in [0, 0.05) is 14.9 Å². The van der Waals surface area contributed by atoms with E-state index in [0.29, 0.717) is 0 Å². The van der Waals surface area contributed by atoms with Crippen LogP contribution in [0.1, 0.15) is 27.7 Å². The van der Waals surface area contributed by atoms with Gasteiger partial charge in [0.25, 0.3) is 0 Å². The fourth-order valence-electron chi connectivity index (χ4n) is 2.31. The number of rotatable bonds is 2. The largest absolute Gasteiger partial charge is 0.505 e. The maximum Gasteiger partial charge on any atom is 0.505 e. The van der Waals surface area contributed by atoms with Gasteiger partial charge in [-0.3, -0.25) is 0 Å². The van der Waals surface area contributed by atoms with Crippen LogP contribution in [0.15, 0.2) is 24.3 Å². The average molecular weight is 290 g/mol. The van der Waals surface area contributed by atoms with Crippen molar-refractivity contribution in [3.63, 3.8) is 0 Å². The van der Waals surface area contributed by atoms with E-state index >= 15 is 0 Å². The van der Waals surface area contributed by atoms with Gasteiger partial charge in [0.1, 0.15) is 5.75 Å². The third-order valence-electron chi connectivity index (χ3n) is 4.25. The summed E-state index contributed by atoms with van der Waals surface area (Å²) >= 11 is 1.70. The molecule has 1 aliphatic rings. The fourth-order valence-corrected chi connectivity index (χ4v) is 3.35. The van der Waals surface area contributed by atoms with Crippen LogP contribution in [0.4, 0.5) is 0 Å². The van der Waals surface area contributed by atoms with E-state index in [4.69, 9.17) is 14.0 Å². The first-order chi connectivity index (χ1) is 9.34.